The lowest BCUT2D eigenvalue weighted by molar-refractivity contribution is -0.120. The number of hydrogen-bond acceptors (Lipinski definition) is 3. The Morgan fingerprint density at radius 3 is 2.50 bits per heavy atom. The highest BCUT2D eigenvalue weighted by molar-refractivity contribution is 6.06. The monoisotopic (exact) mass is 248 g/mol. The number of amides is 1. The number of benzene rings is 1. The van der Waals surface area contributed by atoms with Gasteiger partial charge in [-0.2, -0.15) is 0 Å². The average Bonchev–Trinajstić information content (AvgIpc) is 2.40. The molecule has 0 atom stereocenters. The Balaban J connectivity index is 2.94. The minimum absolute atomic E-state index is 0.0122. The van der Waals surface area contributed by atoms with Crippen LogP contribution in [0.4, 0.5) is 5.69 Å². The summed E-state index contributed by atoms with van der Waals surface area (Å²) < 4.78 is 0. The fourth-order valence-electron chi connectivity index (χ4n) is 1.86. The molecule has 0 aliphatic rings. The highest BCUT2D eigenvalue weighted by Crippen LogP contribution is 2.18. The molecule has 0 saturated heterocycles. The van der Waals surface area contributed by atoms with Crippen LogP contribution in [0.5, 0.6) is 0 Å². The van der Waals surface area contributed by atoms with Gasteiger partial charge >= 0.3 is 0 Å². The first-order chi connectivity index (χ1) is 8.63. The maximum absolute atomic E-state index is 12.0. The minimum atomic E-state index is 0.0122. The Hall–Kier alpha value is -1.84. The van der Waals surface area contributed by atoms with Crippen molar-refractivity contribution in [3.8, 4) is 0 Å². The van der Waals surface area contributed by atoms with E-state index >= 15 is 0 Å². The number of rotatable bonds is 5. The van der Waals surface area contributed by atoms with Gasteiger partial charge < -0.3 is 10.5 Å². The van der Waals surface area contributed by atoms with Crippen molar-refractivity contribution < 1.29 is 10.0 Å². The van der Waals surface area contributed by atoms with E-state index in [1.807, 2.05) is 38.1 Å². The van der Waals surface area contributed by atoms with Crippen LogP contribution in [-0.2, 0) is 4.79 Å². The number of para-hydroxylation sites is 1. The fourth-order valence-corrected chi connectivity index (χ4v) is 1.86. The second-order valence-corrected chi connectivity index (χ2v) is 4.23. The van der Waals surface area contributed by atoms with Gasteiger partial charge in [0.1, 0.15) is 0 Å². The smallest absolute Gasteiger partial charge is 0.227 e. The number of anilines is 1. The van der Waals surface area contributed by atoms with Crippen molar-refractivity contribution in [2.75, 3.05) is 5.32 Å². The SMILES string of the molecule is CCC(CC)C(=O)Nc1ccccc1/C(C)=N/O. The minimum Gasteiger partial charge on any atom is -0.411 e. The highest BCUT2D eigenvalue weighted by Gasteiger charge is 2.16. The second kappa shape index (κ2) is 6.79. The van der Waals surface area contributed by atoms with Crippen LogP contribution >= 0.6 is 0 Å². The van der Waals surface area contributed by atoms with Gasteiger partial charge in [0.15, 0.2) is 0 Å². The topological polar surface area (TPSA) is 61.7 Å². The van der Waals surface area contributed by atoms with Crippen molar-refractivity contribution >= 4 is 17.3 Å². The molecule has 0 spiro atoms. The summed E-state index contributed by atoms with van der Waals surface area (Å²) >= 11 is 0. The molecule has 0 heterocycles. The Morgan fingerprint density at radius 2 is 1.94 bits per heavy atom. The van der Waals surface area contributed by atoms with Gasteiger partial charge in [0, 0.05) is 17.2 Å². The van der Waals surface area contributed by atoms with Crippen LogP contribution in [0.3, 0.4) is 0 Å². The zero-order valence-corrected chi connectivity index (χ0v) is 11.1. The molecule has 1 rings (SSSR count). The summed E-state index contributed by atoms with van der Waals surface area (Å²) in [5.74, 6) is 0.0302. The standard InChI is InChI=1S/C14H20N2O2/c1-4-11(5-2)14(17)15-13-9-7-6-8-12(13)10(3)16-18/h6-9,11,18H,4-5H2,1-3H3,(H,15,17)/b16-10+. The lowest BCUT2D eigenvalue weighted by Gasteiger charge is -2.15. The molecular formula is C14H20N2O2. The molecule has 0 radical (unpaired) electrons. The Labute approximate surface area is 108 Å². The number of carbonyl (C=O) groups excluding carboxylic acids is 1. The second-order valence-electron chi connectivity index (χ2n) is 4.23. The van der Waals surface area contributed by atoms with Gasteiger partial charge in [0.25, 0.3) is 0 Å². The van der Waals surface area contributed by atoms with Crippen LogP contribution in [0.1, 0.15) is 39.2 Å². The van der Waals surface area contributed by atoms with Gasteiger partial charge in [-0.25, -0.2) is 0 Å². The summed E-state index contributed by atoms with van der Waals surface area (Å²) in [6, 6.07) is 7.31. The molecule has 0 unspecified atom stereocenters. The third kappa shape index (κ3) is 3.32. The van der Waals surface area contributed by atoms with Crippen molar-refractivity contribution in [2.24, 2.45) is 11.1 Å². The molecule has 2 N–H and O–H groups in total. The predicted molar refractivity (Wildman–Crippen MR) is 73.1 cm³/mol. The zero-order chi connectivity index (χ0) is 13.5. The van der Waals surface area contributed by atoms with Crippen molar-refractivity contribution in [1.82, 2.24) is 0 Å². The molecule has 1 aromatic rings. The summed E-state index contributed by atoms with van der Waals surface area (Å²) in [5, 5.41) is 14.9. The normalized spacial score (nSPS) is 11.7. The molecule has 4 nitrogen and oxygen atoms in total. The zero-order valence-electron chi connectivity index (χ0n) is 11.1. The summed E-state index contributed by atoms with van der Waals surface area (Å²) in [7, 11) is 0. The predicted octanol–water partition coefficient (Wildman–Crippen LogP) is 3.26. The maximum Gasteiger partial charge on any atom is 0.227 e. The van der Waals surface area contributed by atoms with Crippen LogP contribution in [0, 0.1) is 5.92 Å². The van der Waals surface area contributed by atoms with E-state index in [2.05, 4.69) is 10.5 Å². The molecule has 0 fully saturated rings. The van der Waals surface area contributed by atoms with Crippen LogP contribution < -0.4 is 5.32 Å². The molecule has 4 heteroatoms. The van der Waals surface area contributed by atoms with Gasteiger partial charge in [0.05, 0.1) is 5.71 Å². The molecular weight excluding hydrogens is 228 g/mol. The molecule has 0 saturated carbocycles. The number of carbonyl (C=O) groups is 1. The molecule has 0 aliphatic heterocycles. The van der Waals surface area contributed by atoms with E-state index < -0.39 is 0 Å². The first-order valence-corrected chi connectivity index (χ1v) is 6.22. The van der Waals surface area contributed by atoms with E-state index in [-0.39, 0.29) is 11.8 Å². The van der Waals surface area contributed by atoms with Crippen molar-refractivity contribution in [3.63, 3.8) is 0 Å². The molecule has 0 aliphatic carbocycles. The van der Waals surface area contributed by atoms with Crippen molar-refractivity contribution in [1.29, 1.82) is 0 Å². The molecule has 18 heavy (non-hydrogen) atoms. The van der Waals surface area contributed by atoms with E-state index in [1.54, 1.807) is 6.92 Å². The number of hydrogen-bond donors (Lipinski definition) is 2. The largest absolute Gasteiger partial charge is 0.411 e. The number of nitrogens with one attached hydrogen (secondary N) is 1. The summed E-state index contributed by atoms with van der Waals surface area (Å²) in [6.45, 7) is 5.70. The molecule has 1 amide bonds. The Morgan fingerprint density at radius 1 is 1.33 bits per heavy atom. The van der Waals surface area contributed by atoms with Crippen LogP contribution in [0.2, 0.25) is 0 Å². The summed E-state index contributed by atoms with van der Waals surface area (Å²) in [6.07, 6.45) is 1.63. The van der Waals surface area contributed by atoms with Crippen LogP contribution in [0.25, 0.3) is 0 Å². The van der Waals surface area contributed by atoms with Gasteiger partial charge in [-0.15, -0.1) is 0 Å². The van der Waals surface area contributed by atoms with E-state index in [4.69, 9.17) is 5.21 Å². The molecule has 1 aromatic carbocycles. The highest BCUT2D eigenvalue weighted by atomic mass is 16.4. The van der Waals surface area contributed by atoms with E-state index in [0.717, 1.165) is 18.4 Å². The van der Waals surface area contributed by atoms with Gasteiger partial charge in [-0.1, -0.05) is 37.2 Å². The number of oxime groups is 1. The molecule has 0 bridgehead atoms. The fraction of sp³-hybridized carbons (Fsp3) is 0.429. The van der Waals surface area contributed by atoms with Crippen molar-refractivity contribution in [2.45, 2.75) is 33.6 Å². The van der Waals surface area contributed by atoms with Crippen LogP contribution in [0.15, 0.2) is 29.4 Å². The third-order valence-corrected chi connectivity index (χ3v) is 3.08. The Bertz CT molecular complexity index is 437. The quantitative estimate of drug-likeness (QED) is 0.477. The van der Waals surface area contributed by atoms with E-state index in [1.165, 1.54) is 0 Å². The Kier molecular flexibility index (Phi) is 5.36. The average molecular weight is 248 g/mol. The maximum atomic E-state index is 12.0. The van der Waals surface area contributed by atoms with Crippen LogP contribution in [-0.4, -0.2) is 16.8 Å². The lowest BCUT2D eigenvalue weighted by Crippen LogP contribution is -2.22. The van der Waals surface area contributed by atoms with Gasteiger partial charge in [-0.3, -0.25) is 4.79 Å². The van der Waals surface area contributed by atoms with Gasteiger partial charge in [0.2, 0.25) is 5.91 Å². The third-order valence-electron chi connectivity index (χ3n) is 3.08. The molecule has 0 aromatic heterocycles. The number of nitrogens with zero attached hydrogens (tertiary/aromatic N) is 1. The lowest BCUT2D eigenvalue weighted by atomic mass is 10.0. The van der Waals surface area contributed by atoms with Gasteiger partial charge in [-0.05, 0) is 25.8 Å². The summed E-state index contributed by atoms with van der Waals surface area (Å²) in [4.78, 5) is 12.0. The molecule has 98 valence electrons. The van der Waals surface area contributed by atoms with Crippen molar-refractivity contribution in [3.05, 3.63) is 29.8 Å². The van der Waals surface area contributed by atoms with E-state index in [0.29, 0.717) is 11.4 Å². The summed E-state index contributed by atoms with van der Waals surface area (Å²) in [5.41, 5.74) is 1.90. The first kappa shape index (κ1) is 14.2. The first-order valence-electron chi connectivity index (χ1n) is 6.22. The van der Waals surface area contributed by atoms with E-state index in [9.17, 15) is 4.79 Å².